The van der Waals surface area contributed by atoms with E-state index in [1.807, 2.05) is 0 Å². The van der Waals surface area contributed by atoms with Crippen molar-refractivity contribution in [1.29, 1.82) is 0 Å². The Morgan fingerprint density at radius 2 is 1.70 bits per heavy atom. The lowest BCUT2D eigenvalue weighted by Crippen LogP contribution is -2.12. The lowest BCUT2D eigenvalue weighted by Gasteiger charge is -2.12. The van der Waals surface area contributed by atoms with E-state index in [-0.39, 0.29) is 10.6 Å². The van der Waals surface area contributed by atoms with Crippen LogP contribution in [0.1, 0.15) is 0 Å². The van der Waals surface area contributed by atoms with E-state index in [1.165, 1.54) is 18.2 Å². The van der Waals surface area contributed by atoms with E-state index in [0.717, 1.165) is 0 Å². The van der Waals surface area contributed by atoms with Crippen LogP contribution in [0, 0.1) is 0 Å². The van der Waals surface area contributed by atoms with Crippen molar-refractivity contribution in [3.05, 3.63) is 46.4 Å². The van der Waals surface area contributed by atoms with Gasteiger partial charge in [-0.15, -0.1) is 0 Å². The van der Waals surface area contributed by atoms with Crippen LogP contribution in [0.4, 0.5) is 17.1 Å². The number of anilines is 3. The first-order valence-corrected chi connectivity index (χ1v) is 7.72. The molecule has 0 bridgehead atoms. The fourth-order valence-corrected chi connectivity index (χ4v) is 2.46. The van der Waals surface area contributed by atoms with Gasteiger partial charge in [0.15, 0.2) is 0 Å². The van der Waals surface area contributed by atoms with Gasteiger partial charge in [0.05, 0.1) is 27.0 Å². The second-order valence-electron chi connectivity index (χ2n) is 4.04. The molecule has 0 aliphatic carbocycles. The van der Waals surface area contributed by atoms with Gasteiger partial charge in [0, 0.05) is 5.02 Å². The van der Waals surface area contributed by atoms with Crippen molar-refractivity contribution in [2.45, 2.75) is 4.90 Å². The Bertz CT molecular complexity index is 763. The molecule has 0 radical (unpaired) electrons. The van der Waals surface area contributed by atoms with Crippen molar-refractivity contribution in [3.8, 4) is 0 Å². The fourth-order valence-electron chi connectivity index (χ4n) is 1.57. The van der Waals surface area contributed by atoms with Crippen molar-refractivity contribution in [3.63, 3.8) is 0 Å². The van der Waals surface area contributed by atoms with E-state index in [2.05, 4.69) is 5.32 Å². The molecule has 106 valence electrons. The predicted octanol–water partition coefficient (Wildman–Crippen LogP) is 2.97. The van der Waals surface area contributed by atoms with Crippen LogP contribution in [0.25, 0.3) is 0 Å². The molecule has 2 aromatic carbocycles. The van der Waals surface area contributed by atoms with Crippen LogP contribution in [0.2, 0.25) is 10.0 Å². The summed E-state index contributed by atoms with van der Waals surface area (Å²) in [5.41, 5.74) is 7.09. The Hall–Kier alpha value is -1.47. The average Bonchev–Trinajstić information content (AvgIpc) is 2.35. The molecular formula is C12H11Cl2N3O2S. The maximum atomic E-state index is 11.2. The van der Waals surface area contributed by atoms with Crippen molar-refractivity contribution >= 4 is 50.3 Å². The van der Waals surface area contributed by atoms with E-state index in [9.17, 15) is 8.42 Å². The van der Waals surface area contributed by atoms with Crippen LogP contribution in [0.3, 0.4) is 0 Å². The Labute approximate surface area is 126 Å². The maximum absolute atomic E-state index is 11.2. The summed E-state index contributed by atoms with van der Waals surface area (Å²) in [4.78, 5) is -0.0576. The van der Waals surface area contributed by atoms with Gasteiger partial charge in [0.25, 0.3) is 0 Å². The number of sulfonamides is 1. The molecule has 5 N–H and O–H groups in total. The zero-order valence-electron chi connectivity index (χ0n) is 10.1. The van der Waals surface area contributed by atoms with Gasteiger partial charge in [-0.1, -0.05) is 23.2 Å². The molecular weight excluding hydrogens is 321 g/mol. The van der Waals surface area contributed by atoms with E-state index < -0.39 is 10.0 Å². The number of primary sulfonamides is 1. The normalized spacial score (nSPS) is 11.3. The first kappa shape index (κ1) is 14.9. The van der Waals surface area contributed by atoms with E-state index in [1.54, 1.807) is 18.2 Å². The summed E-state index contributed by atoms with van der Waals surface area (Å²) < 4.78 is 22.4. The van der Waals surface area contributed by atoms with Crippen LogP contribution in [0.15, 0.2) is 41.3 Å². The highest BCUT2D eigenvalue weighted by Crippen LogP contribution is 2.31. The number of benzene rings is 2. The summed E-state index contributed by atoms with van der Waals surface area (Å²) in [6.45, 7) is 0. The lowest BCUT2D eigenvalue weighted by atomic mass is 10.2. The minimum absolute atomic E-state index is 0.0576. The van der Waals surface area contributed by atoms with Crippen molar-refractivity contribution in [1.82, 2.24) is 0 Å². The fraction of sp³-hybridized carbons (Fsp3) is 0. The highest BCUT2D eigenvalue weighted by Gasteiger charge is 2.11. The summed E-state index contributed by atoms with van der Waals surface area (Å²) >= 11 is 11.9. The number of nitrogens with two attached hydrogens (primary N) is 2. The first-order chi connectivity index (χ1) is 9.27. The molecule has 0 aromatic heterocycles. The molecule has 5 nitrogen and oxygen atoms in total. The number of rotatable bonds is 3. The molecule has 0 heterocycles. The summed E-state index contributed by atoms with van der Waals surface area (Å²) in [6.07, 6.45) is 0. The van der Waals surface area contributed by atoms with Crippen molar-refractivity contribution in [2.75, 3.05) is 11.1 Å². The third-order valence-electron chi connectivity index (χ3n) is 2.55. The van der Waals surface area contributed by atoms with Gasteiger partial charge in [-0.2, -0.15) is 0 Å². The Balaban J connectivity index is 2.38. The number of halogens is 2. The monoisotopic (exact) mass is 331 g/mol. The van der Waals surface area contributed by atoms with Crippen LogP contribution in [-0.4, -0.2) is 8.42 Å². The molecule has 2 aromatic rings. The zero-order chi connectivity index (χ0) is 14.9. The maximum Gasteiger partial charge on any atom is 0.238 e. The van der Waals surface area contributed by atoms with Crippen LogP contribution in [0.5, 0.6) is 0 Å². The zero-order valence-corrected chi connectivity index (χ0v) is 12.4. The SMILES string of the molecule is Nc1cc(S(N)(=O)=O)ccc1Nc1cc(Cl)ccc1Cl. The number of hydrogen-bond donors (Lipinski definition) is 3. The summed E-state index contributed by atoms with van der Waals surface area (Å²) in [7, 11) is -3.78. The van der Waals surface area contributed by atoms with E-state index >= 15 is 0 Å². The standard InChI is InChI=1S/C12H11Cl2N3O2S/c13-7-1-3-9(14)12(5-7)17-11-4-2-8(6-10(11)15)20(16,18)19/h1-6,17H,15H2,(H2,16,18,19). The summed E-state index contributed by atoms with van der Waals surface area (Å²) in [5, 5.41) is 8.99. The molecule has 20 heavy (non-hydrogen) atoms. The molecule has 0 fully saturated rings. The topological polar surface area (TPSA) is 98.2 Å². The van der Waals surface area contributed by atoms with Gasteiger partial charge >= 0.3 is 0 Å². The largest absolute Gasteiger partial charge is 0.397 e. The smallest absolute Gasteiger partial charge is 0.238 e. The van der Waals surface area contributed by atoms with Crippen LogP contribution >= 0.6 is 23.2 Å². The summed E-state index contributed by atoms with van der Waals surface area (Å²) in [5.74, 6) is 0. The molecule has 0 amide bonds. The molecule has 8 heteroatoms. The van der Waals surface area contributed by atoms with Gasteiger partial charge in [-0.25, -0.2) is 13.6 Å². The lowest BCUT2D eigenvalue weighted by molar-refractivity contribution is 0.598. The third kappa shape index (κ3) is 3.34. The average molecular weight is 332 g/mol. The minimum atomic E-state index is -3.78. The van der Waals surface area contributed by atoms with Gasteiger partial charge in [-0.05, 0) is 36.4 Å². The number of nitrogen functional groups attached to an aromatic ring is 1. The molecule has 0 aliphatic heterocycles. The molecule has 0 saturated carbocycles. The van der Waals surface area contributed by atoms with Crippen molar-refractivity contribution in [2.24, 2.45) is 5.14 Å². The quantitative estimate of drug-likeness (QED) is 0.753. The Morgan fingerprint density at radius 1 is 1.00 bits per heavy atom. The number of nitrogens with one attached hydrogen (secondary N) is 1. The van der Waals surface area contributed by atoms with Gasteiger partial charge < -0.3 is 11.1 Å². The Kier molecular flexibility index (Phi) is 4.10. The second kappa shape index (κ2) is 5.49. The van der Waals surface area contributed by atoms with Crippen LogP contribution in [-0.2, 0) is 10.0 Å². The second-order valence-corrected chi connectivity index (χ2v) is 6.45. The molecule has 0 unspecified atom stereocenters. The van der Waals surface area contributed by atoms with Crippen molar-refractivity contribution < 1.29 is 8.42 Å². The predicted molar refractivity (Wildman–Crippen MR) is 82.0 cm³/mol. The third-order valence-corrected chi connectivity index (χ3v) is 4.02. The minimum Gasteiger partial charge on any atom is -0.397 e. The highest BCUT2D eigenvalue weighted by molar-refractivity contribution is 7.89. The molecule has 0 aliphatic rings. The van der Waals surface area contributed by atoms with E-state index in [4.69, 9.17) is 34.1 Å². The number of hydrogen-bond acceptors (Lipinski definition) is 4. The van der Waals surface area contributed by atoms with E-state index in [0.29, 0.717) is 21.4 Å². The molecule has 2 rings (SSSR count). The van der Waals surface area contributed by atoms with Gasteiger partial charge in [0.2, 0.25) is 10.0 Å². The Morgan fingerprint density at radius 3 is 2.30 bits per heavy atom. The summed E-state index contributed by atoms with van der Waals surface area (Å²) in [6, 6.07) is 9.06. The first-order valence-electron chi connectivity index (χ1n) is 5.42. The molecule has 0 spiro atoms. The molecule has 0 atom stereocenters. The van der Waals surface area contributed by atoms with Gasteiger partial charge in [0.1, 0.15) is 0 Å². The highest BCUT2D eigenvalue weighted by atomic mass is 35.5. The van der Waals surface area contributed by atoms with Gasteiger partial charge in [-0.3, -0.25) is 0 Å². The molecule has 0 saturated heterocycles. The van der Waals surface area contributed by atoms with Crippen LogP contribution < -0.4 is 16.2 Å².